The van der Waals surface area contributed by atoms with E-state index in [2.05, 4.69) is 5.32 Å². The first-order chi connectivity index (χ1) is 15.5. The van der Waals surface area contributed by atoms with E-state index in [4.69, 9.17) is 4.74 Å². The van der Waals surface area contributed by atoms with Crippen LogP contribution in [0.25, 0.3) is 0 Å². The normalized spacial score (nSPS) is 16.9. The number of carbonyl (C=O) groups excluding carboxylic acids is 3. The number of aryl methyl sites for hydroxylation is 1. The number of thioether (sulfide) groups is 1. The van der Waals surface area contributed by atoms with Crippen molar-refractivity contribution in [3.63, 3.8) is 0 Å². The molecule has 4 rings (SSSR count). The zero-order valence-electron chi connectivity index (χ0n) is 17.5. The van der Waals surface area contributed by atoms with Crippen molar-refractivity contribution in [1.29, 1.82) is 5.26 Å². The Bertz CT molecular complexity index is 1150. The number of esters is 1. The standard InChI is InChI=1S/C23H21N3O4S2/c1-2-30-23(29)19-15-10-6-7-11-17(15)31-21(19)25-20(28)16(12-24)22-26(13-18(27)32-22)14-8-4-3-5-9-14/h3-5,8-9H,2,6-7,10-11,13H2,1H3,(H,25,28)/b22-16-. The van der Waals surface area contributed by atoms with E-state index in [1.165, 1.54) is 11.3 Å². The number of ether oxygens (including phenoxy) is 1. The Balaban J connectivity index is 1.70. The molecule has 32 heavy (non-hydrogen) atoms. The Labute approximate surface area is 194 Å². The van der Waals surface area contributed by atoms with Gasteiger partial charge in [-0.1, -0.05) is 18.2 Å². The van der Waals surface area contributed by atoms with Crippen molar-refractivity contribution in [2.45, 2.75) is 32.6 Å². The van der Waals surface area contributed by atoms with Crippen LogP contribution in [0.2, 0.25) is 0 Å². The molecular formula is C23H21N3O4S2. The SMILES string of the molecule is CCOC(=O)c1c(NC(=O)/C(C#N)=C2\SC(=O)CN2c2ccccc2)sc2c1CCCC2. The Morgan fingerprint density at radius 2 is 1.97 bits per heavy atom. The van der Waals surface area contributed by atoms with Gasteiger partial charge < -0.3 is 15.0 Å². The second-order valence-electron chi connectivity index (χ2n) is 7.28. The van der Waals surface area contributed by atoms with Crippen LogP contribution < -0.4 is 10.2 Å². The third-order valence-corrected chi connectivity index (χ3v) is 7.42. The lowest BCUT2D eigenvalue weighted by Gasteiger charge is -2.19. The molecule has 1 aromatic carbocycles. The van der Waals surface area contributed by atoms with Crippen molar-refractivity contribution in [3.05, 3.63) is 56.9 Å². The highest BCUT2D eigenvalue weighted by molar-refractivity contribution is 8.17. The highest BCUT2D eigenvalue weighted by Crippen LogP contribution is 2.40. The van der Waals surface area contributed by atoms with Gasteiger partial charge in [-0.15, -0.1) is 11.3 Å². The fraction of sp³-hybridized carbons (Fsp3) is 0.304. The predicted molar refractivity (Wildman–Crippen MR) is 125 cm³/mol. The first-order valence-corrected chi connectivity index (χ1v) is 12.0. The number of carbonyl (C=O) groups is 3. The summed E-state index contributed by atoms with van der Waals surface area (Å²) in [6.45, 7) is 2.04. The topological polar surface area (TPSA) is 99.5 Å². The average molecular weight is 468 g/mol. The fourth-order valence-electron chi connectivity index (χ4n) is 3.83. The van der Waals surface area contributed by atoms with E-state index in [-0.39, 0.29) is 23.8 Å². The molecule has 2 heterocycles. The smallest absolute Gasteiger partial charge is 0.341 e. The zero-order valence-corrected chi connectivity index (χ0v) is 19.1. The number of para-hydroxylation sites is 1. The van der Waals surface area contributed by atoms with Gasteiger partial charge in [0.05, 0.1) is 18.7 Å². The average Bonchev–Trinajstić information content (AvgIpc) is 3.35. The number of benzene rings is 1. The quantitative estimate of drug-likeness (QED) is 0.398. The maximum Gasteiger partial charge on any atom is 0.341 e. The van der Waals surface area contributed by atoms with Crippen LogP contribution in [0.3, 0.4) is 0 Å². The number of nitrogens with zero attached hydrogens (tertiary/aromatic N) is 2. The molecule has 0 spiro atoms. The molecule has 0 unspecified atom stereocenters. The number of anilines is 2. The van der Waals surface area contributed by atoms with Crippen molar-refractivity contribution >= 4 is 50.8 Å². The number of amides is 1. The summed E-state index contributed by atoms with van der Waals surface area (Å²) in [5.41, 5.74) is 1.88. The Morgan fingerprint density at radius 1 is 1.22 bits per heavy atom. The number of nitriles is 1. The summed E-state index contributed by atoms with van der Waals surface area (Å²) in [6.07, 6.45) is 3.61. The van der Waals surface area contributed by atoms with Gasteiger partial charge in [0.15, 0.2) is 0 Å². The van der Waals surface area contributed by atoms with Gasteiger partial charge in [0.2, 0.25) is 5.12 Å². The lowest BCUT2D eigenvalue weighted by molar-refractivity contribution is -0.112. The van der Waals surface area contributed by atoms with Crippen LogP contribution in [-0.4, -0.2) is 30.1 Å². The molecule has 9 heteroatoms. The van der Waals surface area contributed by atoms with Crippen LogP contribution in [0, 0.1) is 11.3 Å². The lowest BCUT2D eigenvalue weighted by atomic mass is 9.95. The molecule has 1 saturated heterocycles. The molecule has 0 saturated carbocycles. The third kappa shape index (κ3) is 4.29. The van der Waals surface area contributed by atoms with E-state index >= 15 is 0 Å². The molecule has 1 aliphatic heterocycles. The summed E-state index contributed by atoms with van der Waals surface area (Å²) >= 11 is 2.24. The van der Waals surface area contributed by atoms with Crippen LogP contribution >= 0.6 is 23.1 Å². The summed E-state index contributed by atoms with van der Waals surface area (Å²) < 4.78 is 5.23. The molecule has 1 N–H and O–H groups in total. The van der Waals surface area contributed by atoms with Crippen LogP contribution in [0.5, 0.6) is 0 Å². The molecule has 164 valence electrons. The molecule has 1 aromatic heterocycles. The fourth-order valence-corrected chi connectivity index (χ4v) is 6.04. The molecule has 2 aliphatic rings. The second kappa shape index (κ2) is 9.59. The van der Waals surface area contributed by atoms with Gasteiger partial charge in [-0.2, -0.15) is 5.26 Å². The minimum Gasteiger partial charge on any atom is -0.462 e. The minimum atomic E-state index is -0.644. The van der Waals surface area contributed by atoms with Crippen LogP contribution in [-0.2, 0) is 27.2 Å². The van der Waals surface area contributed by atoms with Crippen LogP contribution in [0.15, 0.2) is 40.9 Å². The van der Waals surface area contributed by atoms with E-state index in [0.717, 1.165) is 53.6 Å². The van der Waals surface area contributed by atoms with Crippen LogP contribution in [0.4, 0.5) is 10.7 Å². The predicted octanol–water partition coefficient (Wildman–Crippen LogP) is 4.26. The van der Waals surface area contributed by atoms with Gasteiger partial charge in [0, 0.05) is 10.6 Å². The van der Waals surface area contributed by atoms with Gasteiger partial charge in [0.1, 0.15) is 21.7 Å². The molecule has 0 atom stereocenters. The Hall–Kier alpha value is -3.09. The number of hydrogen-bond donors (Lipinski definition) is 1. The molecule has 1 amide bonds. The zero-order chi connectivity index (χ0) is 22.7. The maximum absolute atomic E-state index is 13.2. The lowest BCUT2D eigenvalue weighted by Crippen LogP contribution is -2.23. The Morgan fingerprint density at radius 3 is 2.69 bits per heavy atom. The molecule has 0 radical (unpaired) electrons. The summed E-state index contributed by atoms with van der Waals surface area (Å²) in [5.74, 6) is -1.11. The molecular weight excluding hydrogens is 446 g/mol. The van der Waals surface area contributed by atoms with Crippen molar-refractivity contribution < 1.29 is 19.1 Å². The summed E-state index contributed by atoms with van der Waals surface area (Å²) in [7, 11) is 0. The highest BCUT2D eigenvalue weighted by Gasteiger charge is 2.33. The summed E-state index contributed by atoms with van der Waals surface area (Å²) in [4.78, 5) is 40.7. The number of hydrogen-bond acceptors (Lipinski definition) is 8. The highest BCUT2D eigenvalue weighted by atomic mass is 32.2. The third-order valence-electron chi connectivity index (χ3n) is 5.24. The van der Waals surface area contributed by atoms with E-state index < -0.39 is 11.9 Å². The van der Waals surface area contributed by atoms with Gasteiger partial charge >= 0.3 is 5.97 Å². The minimum absolute atomic E-state index is 0.0733. The number of rotatable bonds is 5. The van der Waals surface area contributed by atoms with E-state index in [1.807, 2.05) is 36.4 Å². The Kier molecular flexibility index (Phi) is 6.63. The van der Waals surface area contributed by atoms with Gasteiger partial charge in [0.25, 0.3) is 5.91 Å². The van der Waals surface area contributed by atoms with Crippen molar-refractivity contribution in [3.8, 4) is 6.07 Å². The largest absolute Gasteiger partial charge is 0.462 e. The van der Waals surface area contributed by atoms with Gasteiger partial charge in [-0.3, -0.25) is 9.59 Å². The molecule has 1 aliphatic carbocycles. The second-order valence-corrected chi connectivity index (χ2v) is 9.43. The van der Waals surface area contributed by atoms with E-state index in [1.54, 1.807) is 11.8 Å². The number of thiophene rings is 1. The monoisotopic (exact) mass is 467 g/mol. The van der Waals surface area contributed by atoms with Gasteiger partial charge in [-0.25, -0.2) is 4.79 Å². The van der Waals surface area contributed by atoms with Crippen LogP contribution in [0.1, 0.15) is 40.6 Å². The van der Waals surface area contributed by atoms with Crippen molar-refractivity contribution in [2.24, 2.45) is 0 Å². The summed E-state index contributed by atoms with van der Waals surface area (Å²) in [6, 6.07) is 11.1. The van der Waals surface area contributed by atoms with Crippen molar-refractivity contribution in [2.75, 3.05) is 23.4 Å². The van der Waals surface area contributed by atoms with E-state index in [0.29, 0.717) is 15.6 Å². The van der Waals surface area contributed by atoms with Crippen molar-refractivity contribution in [1.82, 2.24) is 0 Å². The molecule has 0 bridgehead atoms. The first kappa shape index (κ1) is 22.1. The first-order valence-electron chi connectivity index (χ1n) is 10.3. The molecule has 2 aromatic rings. The molecule has 7 nitrogen and oxygen atoms in total. The molecule has 1 fully saturated rings. The number of nitrogens with one attached hydrogen (secondary N) is 1. The van der Waals surface area contributed by atoms with E-state index in [9.17, 15) is 19.6 Å². The number of fused-ring (bicyclic) bond motifs is 1. The summed E-state index contributed by atoms with van der Waals surface area (Å²) in [5, 5.41) is 13.1. The van der Waals surface area contributed by atoms with Gasteiger partial charge in [-0.05, 0) is 62.1 Å². The maximum atomic E-state index is 13.2.